The van der Waals surface area contributed by atoms with Crippen LogP contribution in [0.4, 0.5) is 4.39 Å². The Kier molecular flexibility index (Phi) is 3.04. The van der Waals surface area contributed by atoms with Crippen LogP contribution < -0.4 is 5.73 Å². The Hall–Kier alpha value is -0.890. The lowest BCUT2D eigenvalue weighted by atomic mass is 9.93. The number of nitrogens with two attached hydrogens (primary N) is 1. The molecule has 0 radical (unpaired) electrons. The summed E-state index contributed by atoms with van der Waals surface area (Å²) in [7, 11) is 0. The van der Waals surface area contributed by atoms with Crippen molar-refractivity contribution in [2.24, 2.45) is 5.73 Å². The van der Waals surface area contributed by atoms with Crippen LogP contribution in [0.15, 0.2) is 24.3 Å². The maximum absolute atomic E-state index is 14.0. The summed E-state index contributed by atoms with van der Waals surface area (Å²) in [6.07, 6.45) is 0.423. The minimum absolute atomic E-state index is 0.0482. The van der Waals surface area contributed by atoms with E-state index in [1.165, 1.54) is 0 Å². The van der Waals surface area contributed by atoms with Gasteiger partial charge in [-0.25, -0.2) is 4.39 Å². The fraction of sp³-hybridized carbons (Fsp3) is 0.455. The molecule has 13 heavy (non-hydrogen) atoms. The molecule has 0 aromatic heterocycles. The zero-order chi connectivity index (χ0) is 9.90. The van der Waals surface area contributed by atoms with E-state index in [2.05, 4.69) is 0 Å². The van der Waals surface area contributed by atoms with E-state index in [0.29, 0.717) is 12.0 Å². The second-order valence-electron chi connectivity index (χ2n) is 3.39. The summed E-state index contributed by atoms with van der Waals surface area (Å²) in [6, 6.07) is 7.45. The number of aryl methyl sites for hydroxylation is 1. The Balaban J connectivity index is 2.99. The zero-order valence-corrected chi connectivity index (χ0v) is 8.18. The van der Waals surface area contributed by atoms with Crippen LogP contribution >= 0.6 is 0 Å². The van der Waals surface area contributed by atoms with Crippen LogP contribution in [0.25, 0.3) is 0 Å². The number of halogens is 1. The molecule has 1 atom stereocenters. The lowest BCUT2D eigenvalue weighted by Crippen LogP contribution is -2.29. The lowest BCUT2D eigenvalue weighted by molar-refractivity contribution is 0.169. The molecule has 72 valence electrons. The first-order valence-corrected chi connectivity index (χ1v) is 4.58. The van der Waals surface area contributed by atoms with E-state index >= 15 is 0 Å². The van der Waals surface area contributed by atoms with Gasteiger partial charge in [-0.2, -0.15) is 0 Å². The summed E-state index contributed by atoms with van der Waals surface area (Å²) in [5.74, 6) is 0. The minimum atomic E-state index is -1.35. The molecule has 0 saturated heterocycles. The van der Waals surface area contributed by atoms with Crippen LogP contribution in [0, 0.1) is 6.92 Å². The highest BCUT2D eigenvalue weighted by Gasteiger charge is 2.27. The van der Waals surface area contributed by atoms with Crippen LogP contribution in [0.3, 0.4) is 0 Å². The molecular formula is C11H16FN. The maximum Gasteiger partial charge on any atom is 0.147 e. The molecule has 0 bridgehead atoms. The second kappa shape index (κ2) is 3.88. The molecule has 1 nitrogen and oxygen atoms in total. The first-order chi connectivity index (χ1) is 6.12. The topological polar surface area (TPSA) is 26.0 Å². The van der Waals surface area contributed by atoms with Crippen molar-refractivity contribution in [2.75, 3.05) is 6.54 Å². The van der Waals surface area contributed by atoms with Gasteiger partial charge in [-0.15, -0.1) is 0 Å². The fourth-order valence-corrected chi connectivity index (χ4v) is 1.32. The second-order valence-corrected chi connectivity index (χ2v) is 3.39. The summed E-state index contributed by atoms with van der Waals surface area (Å²) in [4.78, 5) is 0. The summed E-state index contributed by atoms with van der Waals surface area (Å²) >= 11 is 0. The number of hydrogen-bond acceptors (Lipinski definition) is 1. The van der Waals surface area contributed by atoms with Crippen LogP contribution in [0.2, 0.25) is 0 Å². The molecule has 0 amide bonds. The molecule has 0 heterocycles. The van der Waals surface area contributed by atoms with E-state index in [1.807, 2.05) is 38.1 Å². The summed E-state index contributed by atoms with van der Waals surface area (Å²) in [6.45, 7) is 3.84. The normalized spacial score (nSPS) is 15.4. The third-order valence-electron chi connectivity index (χ3n) is 2.45. The van der Waals surface area contributed by atoms with E-state index in [1.54, 1.807) is 0 Å². The zero-order valence-electron chi connectivity index (χ0n) is 8.18. The number of benzene rings is 1. The van der Waals surface area contributed by atoms with Gasteiger partial charge in [0.1, 0.15) is 5.67 Å². The van der Waals surface area contributed by atoms with Crippen molar-refractivity contribution < 1.29 is 4.39 Å². The molecule has 1 aromatic rings. The molecule has 0 fully saturated rings. The van der Waals surface area contributed by atoms with Crippen LogP contribution in [-0.2, 0) is 5.67 Å². The maximum atomic E-state index is 14.0. The van der Waals surface area contributed by atoms with Crippen molar-refractivity contribution in [3.8, 4) is 0 Å². The molecule has 1 rings (SSSR count). The van der Waals surface area contributed by atoms with Crippen molar-refractivity contribution in [1.82, 2.24) is 0 Å². The van der Waals surface area contributed by atoms with E-state index in [9.17, 15) is 4.39 Å². The van der Waals surface area contributed by atoms with E-state index in [4.69, 9.17) is 5.73 Å². The van der Waals surface area contributed by atoms with Crippen molar-refractivity contribution >= 4 is 0 Å². The van der Waals surface area contributed by atoms with Gasteiger partial charge in [0.05, 0.1) is 0 Å². The average Bonchev–Trinajstić information content (AvgIpc) is 2.18. The number of rotatable bonds is 3. The molecule has 0 aliphatic heterocycles. The van der Waals surface area contributed by atoms with Gasteiger partial charge in [-0.3, -0.25) is 0 Å². The Morgan fingerprint density at radius 1 is 1.31 bits per heavy atom. The van der Waals surface area contributed by atoms with Crippen LogP contribution in [-0.4, -0.2) is 6.54 Å². The average molecular weight is 181 g/mol. The van der Waals surface area contributed by atoms with Gasteiger partial charge in [0.15, 0.2) is 0 Å². The van der Waals surface area contributed by atoms with Crippen LogP contribution in [0.5, 0.6) is 0 Å². The summed E-state index contributed by atoms with van der Waals surface area (Å²) < 4.78 is 14.0. The van der Waals surface area contributed by atoms with Gasteiger partial charge in [0.2, 0.25) is 0 Å². The van der Waals surface area contributed by atoms with Crippen molar-refractivity contribution in [3.05, 3.63) is 35.4 Å². The molecular weight excluding hydrogens is 165 g/mol. The highest BCUT2D eigenvalue weighted by molar-refractivity contribution is 5.26. The van der Waals surface area contributed by atoms with Gasteiger partial charge >= 0.3 is 0 Å². The molecule has 2 N–H and O–H groups in total. The van der Waals surface area contributed by atoms with Crippen molar-refractivity contribution in [3.63, 3.8) is 0 Å². The summed E-state index contributed by atoms with van der Waals surface area (Å²) in [5.41, 5.74) is 5.88. The van der Waals surface area contributed by atoms with Crippen molar-refractivity contribution in [1.29, 1.82) is 0 Å². The van der Waals surface area contributed by atoms with Crippen molar-refractivity contribution in [2.45, 2.75) is 25.9 Å². The predicted octanol–water partition coefficient (Wildman–Crippen LogP) is 2.53. The molecule has 1 aromatic carbocycles. The van der Waals surface area contributed by atoms with Gasteiger partial charge in [-0.05, 0) is 18.9 Å². The molecule has 2 heteroatoms. The lowest BCUT2D eigenvalue weighted by Gasteiger charge is -2.22. The monoisotopic (exact) mass is 181 g/mol. The quantitative estimate of drug-likeness (QED) is 0.761. The van der Waals surface area contributed by atoms with Gasteiger partial charge in [-0.1, -0.05) is 36.8 Å². The Morgan fingerprint density at radius 3 is 2.23 bits per heavy atom. The highest BCUT2D eigenvalue weighted by atomic mass is 19.1. The first kappa shape index (κ1) is 10.2. The predicted molar refractivity (Wildman–Crippen MR) is 53.3 cm³/mol. The third kappa shape index (κ3) is 2.07. The highest BCUT2D eigenvalue weighted by Crippen LogP contribution is 2.28. The SMILES string of the molecule is CCC(F)(CN)c1ccc(C)cc1. The van der Waals surface area contributed by atoms with Gasteiger partial charge < -0.3 is 5.73 Å². The summed E-state index contributed by atoms with van der Waals surface area (Å²) in [5, 5.41) is 0. The minimum Gasteiger partial charge on any atom is -0.327 e. The molecule has 0 saturated carbocycles. The van der Waals surface area contributed by atoms with E-state index < -0.39 is 5.67 Å². The van der Waals surface area contributed by atoms with Gasteiger partial charge in [0.25, 0.3) is 0 Å². The molecule has 0 spiro atoms. The molecule has 1 unspecified atom stereocenters. The Morgan fingerprint density at radius 2 is 1.85 bits per heavy atom. The van der Waals surface area contributed by atoms with E-state index in [-0.39, 0.29) is 6.54 Å². The van der Waals surface area contributed by atoms with Gasteiger partial charge in [0, 0.05) is 6.54 Å². The number of alkyl halides is 1. The number of hydrogen-bond donors (Lipinski definition) is 1. The van der Waals surface area contributed by atoms with E-state index in [0.717, 1.165) is 5.56 Å². The standard InChI is InChI=1S/C11H16FN/c1-3-11(12,8-13)10-6-4-9(2)5-7-10/h4-7H,3,8,13H2,1-2H3. The fourth-order valence-electron chi connectivity index (χ4n) is 1.32. The molecule has 0 aliphatic carbocycles. The Bertz CT molecular complexity index is 262. The molecule has 0 aliphatic rings. The first-order valence-electron chi connectivity index (χ1n) is 4.58. The largest absolute Gasteiger partial charge is 0.327 e. The smallest absolute Gasteiger partial charge is 0.147 e. The van der Waals surface area contributed by atoms with Crippen LogP contribution in [0.1, 0.15) is 24.5 Å². The third-order valence-corrected chi connectivity index (χ3v) is 2.45. The Labute approximate surface area is 78.8 Å².